The molecule has 1 N–H and O–H groups in total. The summed E-state index contributed by atoms with van der Waals surface area (Å²) in [6, 6.07) is 5.44. The first kappa shape index (κ1) is 19.9. The number of ketones is 1. The first-order chi connectivity index (χ1) is 13.0. The summed E-state index contributed by atoms with van der Waals surface area (Å²) in [6.07, 6.45) is 7.34. The smallest absolute Gasteiger partial charge is 0.224 e. The summed E-state index contributed by atoms with van der Waals surface area (Å²) < 4.78 is 11.3. The molecule has 0 saturated heterocycles. The molecule has 2 fully saturated rings. The van der Waals surface area contributed by atoms with Crippen LogP contribution in [0.4, 0.5) is 0 Å². The first-order valence-corrected chi connectivity index (χ1v) is 10.1. The van der Waals surface area contributed by atoms with E-state index in [-0.39, 0.29) is 35.7 Å². The van der Waals surface area contributed by atoms with Crippen LogP contribution in [0.25, 0.3) is 0 Å². The van der Waals surface area contributed by atoms with E-state index < -0.39 is 0 Å². The van der Waals surface area contributed by atoms with Crippen LogP contribution in [0.2, 0.25) is 0 Å². The molecular weight excluding hydrogens is 342 g/mol. The van der Waals surface area contributed by atoms with Crippen molar-refractivity contribution >= 4 is 11.7 Å². The van der Waals surface area contributed by atoms with Crippen molar-refractivity contribution in [2.45, 2.75) is 70.9 Å². The molecule has 0 heterocycles. The number of carbonyl (C=O) groups excluding carboxylic acids is 2. The highest BCUT2D eigenvalue weighted by Crippen LogP contribution is 2.53. The third-order valence-electron chi connectivity index (χ3n) is 6.31. The number of benzene rings is 1. The fourth-order valence-corrected chi connectivity index (χ4v) is 4.82. The molecule has 2 aliphatic rings. The Bertz CT molecular complexity index is 694. The quantitative estimate of drug-likeness (QED) is 0.741. The average Bonchev–Trinajstić information content (AvgIpc) is 2.67. The molecule has 0 unspecified atom stereocenters. The van der Waals surface area contributed by atoms with Gasteiger partial charge in [0.2, 0.25) is 5.91 Å². The molecule has 1 aromatic rings. The maximum Gasteiger partial charge on any atom is 0.224 e. The van der Waals surface area contributed by atoms with Crippen molar-refractivity contribution in [3.8, 4) is 5.75 Å². The number of nitrogens with one attached hydrogen (secondary N) is 1. The third kappa shape index (κ3) is 4.03. The molecule has 0 radical (unpaired) electrons. The van der Waals surface area contributed by atoms with Crippen molar-refractivity contribution < 1.29 is 19.1 Å². The van der Waals surface area contributed by atoms with Crippen LogP contribution in [0, 0.1) is 5.41 Å². The van der Waals surface area contributed by atoms with E-state index in [1.807, 2.05) is 6.92 Å². The Morgan fingerprint density at radius 3 is 2.59 bits per heavy atom. The van der Waals surface area contributed by atoms with Crippen molar-refractivity contribution in [3.05, 3.63) is 29.3 Å². The second-order valence-corrected chi connectivity index (χ2v) is 7.85. The third-order valence-corrected chi connectivity index (χ3v) is 6.31. The van der Waals surface area contributed by atoms with Crippen LogP contribution in [-0.2, 0) is 16.0 Å². The van der Waals surface area contributed by atoms with Gasteiger partial charge in [-0.2, -0.15) is 0 Å². The largest absolute Gasteiger partial charge is 0.496 e. The zero-order chi connectivity index (χ0) is 19.4. The number of carbonyl (C=O) groups is 2. The van der Waals surface area contributed by atoms with Crippen molar-refractivity contribution in [1.29, 1.82) is 0 Å². The average molecular weight is 373 g/mol. The summed E-state index contributed by atoms with van der Waals surface area (Å²) in [5.41, 5.74) is 1.46. The maximum absolute atomic E-state index is 12.8. The summed E-state index contributed by atoms with van der Waals surface area (Å²) in [7, 11) is 1.58. The monoisotopic (exact) mass is 373 g/mol. The van der Waals surface area contributed by atoms with Crippen molar-refractivity contribution in [1.82, 2.24) is 5.32 Å². The summed E-state index contributed by atoms with van der Waals surface area (Å²) in [5, 5.41) is 3.25. The Balaban J connectivity index is 1.69. The second kappa shape index (κ2) is 8.42. The van der Waals surface area contributed by atoms with E-state index in [1.54, 1.807) is 25.3 Å². The number of hydrogen-bond acceptors (Lipinski definition) is 4. The molecule has 5 nitrogen and oxygen atoms in total. The molecule has 27 heavy (non-hydrogen) atoms. The van der Waals surface area contributed by atoms with E-state index in [4.69, 9.17) is 9.47 Å². The highest BCUT2D eigenvalue weighted by Gasteiger charge is 2.56. The number of ether oxygens (including phenoxy) is 2. The number of Topliss-reactive ketones (excluding diaryl/α,β-unsaturated/α-hetero) is 1. The van der Waals surface area contributed by atoms with Crippen LogP contribution < -0.4 is 10.1 Å². The molecule has 2 aliphatic carbocycles. The summed E-state index contributed by atoms with van der Waals surface area (Å²) in [4.78, 5) is 24.4. The first-order valence-electron chi connectivity index (χ1n) is 10.1. The molecule has 0 aliphatic heterocycles. The van der Waals surface area contributed by atoms with Gasteiger partial charge in [-0.15, -0.1) is 0 Å². The molecule has 2 atom stereocenters. The number of rotatable bonds is 7. The topological polar surface area (TPSA) is 64.6 Å². The minimum Gasteiger partial charge on any atom is -0.496 e. The van der Waals surface area contributed by atoms with E-state index in [1.165, 1.54) is 26.2 Å². The Kier molecular flexibility index (Phi) is 6.20. The zero-order valence-electron chi connectivity index (χ0n) is 16.7. The molecule has 3 rings (SSSR count). The van der Waals surface area contributed by atoms with E-state index in [2.05, 4.69) is 5.32 Å². The van der Waals surface area contributed by atoms with E-state index in [9.17, 15) is 9.59 Å². The lowest BCUT2D eigenvalue weighted by atomic mass is 9.55. The fourth-order valence-electron chi connectivity index (χ4n) is 4.82. The molecule has 148 valence electrons. The van der Waals surface area contributed by atoms with Gasteiger partial charge in [0.05, 0.1) is 19.6 Å². The van der Waals surface area contributed by atoms with Crippen molar-refractivity contribution in [3.63, 3.8) is 0 Å². The van der Waals surface area contributed by atoms with Gasteiger partial charge >= 0.3 is 0 Å². The lowest BCUT2D eigenvalue weighted by molar-refractivity contribution is -0.156. The predicted octanol–water partition coefficient (Wildman–Crippen LogP) is 3.68. The van der Waals surface area contributed by atoms with Gasteiger partial charge in [-0.3, -0.25) is 9.59 Å². The van der Waals surface area contributed by atoms with Gasteiger partial charge in [0.25, 0.3) is 0 Å². The van der Waals surface area contributed by atoms with Crippen LogP contribution in [0.5, 0.6) is 5.75 Å². The number of methoxy groups -OCH3 is 1. The minimum absolute atomic E-state index is 0.0148. The molecule has 0 bridgehead atoms. The highest BCUT2D eigenvalue weighted by atomic mass is 16.5. The standard InChI is InChI=1S/C22H31NO4/c1-4-27-20-14-19(22(20)10-6-5-7-11-22)23-21(25)13-17-12-16(15(2)24)8-9-18(17)26-3/h8-9,12,19-20H,4-7,10-11,13-14H2,1-3H3,(H,23,25)/t19-,20-/m1/s1. The van der Waals surface area contributed by atoms with Gasteiger partial charge in [0.15, 0.2) is 5.78 Å². The Labute approximate surface area is 161 Å². The summed E-state index contributed by atoms with van der Waals surface area (Å²) in [5.74, 6) is 0.612. The molecule has 0 aromatic heterocycles. The lowest BCUT2D eigenvalue weighted by Crippen LogP contribution is -2.65. The van der Waals surface area contributed by atoms with Crippen molar-refractivity contribution in [2.75, 3.05) is 13.7 Å². The molecular formula is C22H31NO4. The Hall–Kier alpha value is -1.88. The predicted molar refractivity (Wildman–Crippen MR) is 104 cm³/mol. The second-order valence-electron chi connectivity index (χ2n) is 7.85. The normalized spacial score (nSPS) is 23.5. The van der Waals surface area contributed by atoms with Gasteiger partial charge < -0.3 is 14.8 Å². The summed E-state index contributed by atoms with van der Waals surface area (Å²) in [6.45, 7) is 4.29. The summed E-state index contributed by atoms with van der Waals surface area (Å²) >= 11 is 0. The number of amides is 1. The van der Waals surface area contributed by atoms with Crippen molar-refractivity contribution in [2.24, 2.45) is 5.41 Å². The highest BCUT2D eigenvalue weighted by molar-refractivity contribution is 5.94. The SMILES string of the molecule is CCO[C@@H]1C[C@@H](NC(=O)Cc2cc(C(C)=O)ccc2OC)C12CCCCC2. The molecule has 1 aromatic carbocycles. The van der Waals surface area contributed by atoms with E-state index in [0.717, 1.165) is 31.4 Å². The van der Waals surface area contributed by atoms with Crippen LogP contribution in [-0.4, -0.2) is 37.6 Å². The van der Waals surface area contributed by atoms with E-state index >= 15 is 0 Å². The van der Waals surface area contributed by atoms with Gasteiger partial charge in [-0.1, -0.05) is 19.3 Å². The van der Waals surface area contributed by atoms with Gasteiger partial charge in [0, 0.05) is 29.2 Å². The lowest BCUT2D eigenvalue weighted by Gasteiger charge is -2.57. The molecule has 2 saturated carbocycles. The molecule has 1 spiro atoms. The molecule has 5 heteroatoms. The van der Waals surface area contributed by atoms with Gasteiger partial charge in [0.1, 0.15) is 5.75 Å². The molecule has 1 amide bonds. The van der Waals surface area contributed by atoms with Crippen LogP contribution in [0.1, 0.15) is 68.3 Å². The minimum atomic E-state index is -0.0149. The van der Waals surface area contributed by atoms with Crippen LogP contribution >= 0.6 is 0 Å². The fraction of sp³-hybridized carbons (Fsp3) is 0.636. The van der Waals surface area contributed by atoms with Gasteiger partial charge in [-0.25, -0.2) is 0 Å². The number of hydrogen-bond donors (Lipinski definition) is 1. The Morgan fingerprint density at radius 2 is 1.96 bits per heavy atom. The zero-order valence-corrected chi connectivity index (χ0v) is 16.7. The van der Waals surface area contributed by atoms with Crippen LogP contribution in [0.3, 0.4) is 0 Å². The van der Waals surface area contributed by atoms with Gasteiger partial charge in [-0.05, 0) is 51.3 Å². The maximum atomic E-state index is 12.8. The van der Waals surface area contributed by atoms with E-state index in [0.29, 0.717) is 11.3 Å². The van der Waals surface area contributed by atoms with Crippen LogP contribution in [0.15, 0.2) is 18.2 Å². The Morgan fingerprint density at radius 1 is 1.22 bits per heavy atom.